The lowest BCUT2D eigenvalue weighted by Crippen LogP contribution is -2.51. The van der Waals surface area contributed by atoms with Crippen LogP contribution < -0.4 is 0 Å². The van der Waals surface area contributed by atoms with E-state index in [2.05, 4.69) is 9.80 Å². The third-order valence-corrected chi connectivity index (χ3v) is 5.60. The highest BCUT2D eigenvalue weighted by molar-refractivity contribution is 5.82. The van der Waals surface area contributed by atoms with Crippen LogP contribution in [0.3, 0.4) is 0 Å². The smallest absolute Gasteiger partial charge is 0.206 e. The van der Waals surface area contributed by atoms with Crippen molar-refractivity contribution in [2.75, 3.05) is 39.3 Å². The highest BCUT2D eigenvalue weighted by Crippen LogP contribution is 2.39. The summed E-state index contributed by atoms with van der Waals surface area (Å²) in [6, 6.07) is 3.94. The number of aromatic hydroxyl groups is 1. The zero-order valence-corrected chi connectivity index (χ0v) is 12.5. The molecule has 0 amide bonds. The number of quaternary nitrogens is 1. The first kappa shape index (κ1) is 13.2. The highest BCUT2D eigenvalue weighted by Gasteiger charge is 2.57. The molecule has 0 bridgehead atoms. The summed E-state index contributed by atoms with van der Waals surface area (Å²) in [5.74, 6) is 0.187. The predicted molar refractivity (Wildman–Crippen MR) is 78.9 cm³/mol. The number of benzene rings is 1. The van der Waals surface area contributed by atoms with Gasteiger partial charge < -0.3 is 5.11 Å². The first-order valence-corrected chi connectivity index (χ1v) is 7.75. The molecule has 1 aromatic carbocycles. The molecule has 3 saturated heterocycles. The van der Waals surface area contributed by atoms with Gasteiger partial charge in [0.15, 0.2) is 6.29 Å². The minimum absolute atomic E-state index is 0.187. The van der Waals surface area contributed by atoms with E-state index in [1.165, 1.54) is 13.1 Å². The summed E-state index contributed by atoms with van der Waals surface area (Å²) in [6.07, 6.45) is 1.27. The summed E-state index contributed by atoms with van der Waals surface area (Å²) >= 11 is 0. The average Bonchev–Trinajstić information content (AvgIpc) is 3.12. The van der Waals surface area contributed by atoms with Crippen molar-refractivity contribution in [1.29, 1.82) is 0 Å². The summed E-state index contributed by atoms with van der Waals surface area (Å²) in [6.45, 7) is 9.61. The van der Waals surface area contributed by atoms with Gasteiger partial charge in [0.2, 0.25) is 6.29 Å². The molecule has 0 saturated carbocycles. The maximum absolute atomic E-state index is 11.2. The Labute approximate surface area is 125 Å². The summed E-state index contributed by atoms with van der Waals surface area (Å²) in [4.78, 5) is 16.3. The number of carbonyl (C=O) groups excluding carboxylic acids is 1. The van der Waals surface area contributed by atoms with Crippen LogP contribution in [-0.2, 0) is 6.54 Å². The second-order valence-electron chi connectivity index (χ2n) is 6.66. The molecule has 5 nitrogen and oxygen atoms in total. The zero-order valence-electron chi connectivity index (χ0n) is 12.5. The number of phenols is 1. The Kier molecular flexibility index (Phi) is 2.86. The van der Waals surface area contributed by atoms with Crippen LogP contribution in [0.4, 0.5) is 0 Å². The minimum atomic E-state index is 0.187. The van der Waals surface area contributed by atoms with Crippen LogP contribution in [0.2, 0.25) is 0 Å². The topological polar surface area (TPSA) is 43.8 Å². The molecule has 3 fully saturated rings. The van der Waals surface area contributed by atoms with Gasteiger partial charge >= 0.3 is 0 Å². The van der Waals surface area contributed by atoms with Crippen molar-refractivity contribution < 1.29 is 14.4 Å². The predicted octanol–water partition coefficient (Wildman–Crippen LogP) is 0.758. The Bertz CT molecular complexity index is 585. The molecule has 0 atom stereocenters. The van der Waals surface area contributed by atoms with Crippen LogP contribution in [0.1, 0.15) is 21.5 Å². The summed E-state index contributed by atoms with van der Waals surface area (Å²) < 4.78 is 1.02. The number of aldehydes is 1. The van der Waals surface area contributed by atoms with E-state index in [4.69, 9.17) is 0 Å². The van der Waals surface area contributed by atoms with E-state index >= 15 is 0 Å². The maximum Gasteiger partial charge on any atom is 0.206 e. The Morgan fingerprint density at radius 2 is 1.90 bits per heavy atom. The lowest BCUT2D eigenvalue weighted by Gasteiger charge is -2.35. The first-order valence-electron chi connectivity index (χ1n) is 7.75. The van der Waals surface area contributed by atoms with E-state index in [0.717, 1.165) is 54.6 Å². The summed E-state index contributed by atoms with van der Waals surface area (Å²) in [5, 5.41) is 10.4. The molecule has 4 rings (SSSR count). The number of phenolic OH excluding ortho intramolecular Hbond substituents is 1. The van der Waals surface area contributed by atoms with Crippen molar-refractivity contribution in [1.82, 2.24) is 9.80 Å². The molecule has 0 unspecified atom stereocenters. The summed E-state index contributed by atoms with van der Waals surface area (Å²) in [7, 11) is 0. The number of nitrogens with zero attached hydrogens (tertiary/aromatic N) is 3. The zero-order chi connectivity index (χ0) is 14.6. The highest BCUT2D eigenvalue weighted by atomic mass is 16.3. The molecule has 0 aromatic heterocycles. The number of carbonyl (C=O) groups is 1. The van der Waals surface area contributed by atoms with Crippen molar-refractivity contribution in [3.8, 4) is 5.75 Å². The van der Waals surface area contributed by atoms with Gasteiger partial charge in [-0.25, -0.2) is 9.80 Å². The van der Waals surface area contributed by atoms with Gasteiger partial charge in [0.25, 0.3) is 0 Å². The van der Waals surface area contributed by atoms with Crippen LogP contribution in [0.15, 0.2) is 12.1 Å². The van der Waals surface area contributed by atoms with Crippen molar-refractivity contribution in [2.45, 2.75) is 19.8 Å². The molecule has 3 aliphatic rings. The minimum Gasteiger partial charge on any atom is -0.507 e. The molecule has 1 N–H and O–H groups in total. The van der Waals surface area contributed by atoms with E-state index in [1.807, 2.05) is 19.1 Å². The first-order chi connectivity index (χ1) is 10.1. The Morgan fingerprint density at radius 1 is 1.24 bits per heavy atom. The largest absolute Gasteiger partial charge is 0.507 e. The van der Waals surface area contributed by atoms with Crippen molar-refractivity contribution in [3.63, 3.8) is 0 Å². The molecule has 112 valence electrons. The average molecular weight is 288 g/mol. The second kappa shape index (κ2) is 4.53. The molecule has 0 radical (unpaired) electrons. The number of hydrogen-bond acceptors (Lipinski definition) is 4. The van der Waals surface area contributed by atoms with Crippen LogP contribution >= 0.6 is 0 Å². The third kappa shape index (κ3) is 1.78. The van der Waals surface area contributed by atoms with E-state index < -0.39 is 0 Å². The van der Waals surface area contributed by atoms with E-state index in [1.54, 1.807) is 0 Å². The molecule has 5 heteroatoms. The SMILES string of the molecule is Cc1ccc(C[N+]23CCN4CCN(CC2)C43)c(O)c1C=O. The standard InChI is InChI=1S/C16H21N3O2/c1-12-2-3-13(15(21)14(12)11-20)10-19-8-6-17-4-5-18(7-9-19)16(17)19/h2-3,11,16H,4-10H2,1H3/p+1. The fourth-order valence-corrected chi connectivity index (χ4v) is 4.47. The van der Waals surface area contributed by atoms with Crippen LogP contribution in [-0.4, -0.2) is 71.2 Å². The monoisotopic (exact) mass is 288 g/mol. The van der Waals surface area contributed by atoms with E-state index in [0.29, 0.717) is 11.9 Å². The van der Waals surface area contributed by atoms with Gasteiger partial charge in [-0.3, -0.25) is 9.28 Å². The van der Waals surface area contributed by atoms with Gasteiger partial charge in [-0.05, 0) is 18.6 Å². The molecule has 0 spiro atoms. The van der Waals surface area contributed by atoms with Gasteiger partial charge in [0, 0.05) is 18.7 Å². The van der Waals surface area contributed by atoms with Gasteiger partial charge in [-0.2, -0.15) is 0 Å². The number of aryl methyl sites for hydroxylation is 1. The van der Waals surface area contributed by atoms with Crippen molar-refractivity contribution in [2.24, 2.45) is 0 Å². The Morgan fingerprint density at radius 3 is 2.52 bits per heavy atom. The molecule has 1 aromatic rings. The van der Waals surface area contributed by atoms with Crippen LogP contribution in [0.5, 0.6) is 5.75 Å². The van der Waals surface area contributed by atoms with Gasteiger partial charge in [0.05, 0.1) is 31.7 Å². The molecular formula is C16H22N3O2+. The maximum atomic E-state index is 11.2. The van der Waals surface area contributed by atoms with Crippen molar-refractivity contribution >= 4 is 6.29 Å². The van der Waals surface area contributed by atoms with Crippen LogP contribution in [0.25, 0.3) is 0 Å². The molecular weight excluding hydrogens is 266 g/mol. The normalized spacial score (nSPS) is 31.8. The Balaban J connectivity index is 1.69. The van der Waals surface area contributed by atoms with Gasteiger partial charge in [-0.1, -0.05) is 6.07 Å². The summed E-state index contributed by atoms with van der Waals surface area (Å²) in [5.41, 5.74) is 2.21. The van der Waals surface area contributed by atoms with Crippen molar-refractivity contribution in [3.05, 3.63) is 28.8 Å². The number of rotatable bonds is 3. The lowest BCUT2D eigenvalue weighted by atomic mass is 10.0. The fraction of sp³-hybridized carbons (Fsp3) is 0.562. The quantitative estimate of drug-likeness (QED) is 0.659. The fourth-order valence-electron chi connectivity index (χ4n) is 4.47. The van der Waals surface area contributed by atoms with Crippen LogP contribution in [0, 0.1) is 6.92 Å². The molecule has 21 heavy (non-hydrogen) atoms. The number of hydrogen-bond donors (Lipinski definition) is 1. The third-order valence-electron chi connectivity index (χ3n) is 5.60. The molecule has 3 aliphatic heterocycles. The van der Waals surface area contributed by atoms with E-state index in [-0.39, 0.29) is 5.75 Å². The van der Waals surface area contributed by atoms with E-state index in [9.17, 15) is 9.90 Å². The lowest BCUT2D eigenvalue weighted by molar-refractivity contribution is -0.949. The molecule has 3 heterocycles. The second-order valence-corrected chi connectivity index (χ2v) is 6.66. The van der Waals surface area contributed by atoms with Gasteiger partial charge in [-0.15, -0.1) is 0 Å². The Hall–Kier alpha value is -1.43. The van der Waals surface area contributed by atoms with Gasteiger partial charge in [0.1, 0.15) is 12.3 Å². The molecule has 0 aliphatic carbocycles.